The van der Waals surface area contributed by atoms with Crippen molar-refractivity contribution in [1.29, 1.82) is 0 Å². The van der Waals surface area contributed by atoms with E-state index in [0.717, 1.165) is 22.3 Å². The number of rotatable bonds is 6. The minimum Gasteiger partial charge on any atom is -0.298 e. The van der Waals surface area contributed by atoms with Gasteiger partial charge in [-0.3, -0.25) is 14.2 Å². The molecule has 0 bridgehead atoms. The van der Waals surface area contributed by atoms with Crippen LogP contribution in [0.4, 0.5) is 0 Å². The minimum absolute atomic E-state index is 0.0650. The molecule has 4 rings (SSSR count). The zero-order chi connectivity index (χ0) is 23.0. The molecule has 0 aliphatic carbocycles. The van der Waals surface area contributed by atoms with E-state index in [2.05, 4.69) is 0 Å². The van der Waals surface area contributed by atoms with Gasteiger partial charge in [-0.15, -0.1) is 11.3 Å². The molecule has 0 fully saturated rings. The van der Waals surface area contributed by atoms with Crippen molar-refractivity contribution in [2.45, 2.75) is 17.6 Å². The van der Waals surface area contributed by atoms with Crippen molar-refractivity contribution >= 4 is 60.9 Å². The number of pyridine rings is 1. The summed E-state index contributed by atoms with van der Waals surface area (Å²) in [5.41, 5.74) is 1.83. The lowest BCUT2D eigenvalue weighted by atomic mass is 10.1. The Morgan fingerprint density at radius 3 is 2.50 bits per heavy atom. The van der Waals surface area contributed by atoms with E-state index in [1.54, 1.807) is 24.4 Å². The number of Topliss-reactive ketones (excluding diaryl/α,β-unsaturated/α-hetero) is 1. The van der Waals surface area contributed by atoms with Crippen LogP contribution in [0, 0.1) is 6.92 Å². The number of benzene rings is 2. The normalized spacial score (nSPS) is 11.7. The molecule has 0 atom stereocenters. The summed E-state index contributed by atoms with van der Waals surface area (Å²) >= 11 is 13.1. The highest BCUT2D eigenvalue weighted by Gasteiger charge is 2.21. The Bertz CT molecular complexity index is 1520. The van der Waals surface area contributed by atoms with E-state index < -0.39 is 21.4 Å². The number of sulfone groups is 1. The summed E-state index contributed by atoms with van der Waals surface area (Å²) in [4.78, 5) is 25.4. The minimum atomic E-state index is -3.74. The zero-order valence-corrected chi connectivity index (χ0v) is 20.0. The molecule has 0 N–H and O–H groups in total. The second kappa shape index (κ2) is 8.83. The maximum Gasteiger partial charge on any atom is 0.263 e. The van der Waals surface area contributed by atoms with Gasteiger partial charge >= 0.3 is 0 Å². The first kappa shape index (κ1) is 22.7. The number of halogens is 2. The van der Waals surface area contributed by atoms with Gasteiger partial charge in [0.25, 0.3) is 5.56 Å². The smallest absolute Gasteiger partial charge is 0.263 e. The Morgan fingerprint density at radius 2 is 1.81 bits per heavy atom. The largest absolute Gasteiger partial charge is 0.298 e. The van der Waals surface area contributed by atoms with Crippen LogP contribution in [-0.4, -0.2) is 24.5 Å². The van der Waals surface area contributed by atoms with Crippen LogP contribution in [0.3, 0.4) is 0 Å². The van der Waals surface area contributed by atoms with Gasteiger partial charge in [0.05, 0.1) is 15.0 Å². The molecule has 5 nitrogen and oxygen atoms in total. The van der Waals surface area contributed by atoms with E-state index in [0.29, 0.717) is 21.0 Å². The third-order valence-corrected chi connectivity index (χ3v) is 8.73. The second-order valence-electron chi connectivity index (χ2n) is 7.40. The molecule has 32 heavy (non-hydrogen) atoms. The van der Waals surface area contributed by atoms with E-state index in [4.69, 9.17) is 23.2 Å². The Labute approximate surface area is 198 Å². The number of hydrogen-bond acceptors (Lipinski definition) is 5. The average Bonchev–Trinajstić information content (AvgIpc) is 3.16. The van der Waals surface area contributed by atoms with Crippen molar-refractivity contribution in [1.82, 2.24) is 4.57 Å². The molecule has 2 aromatic carbocycles. The van der Waals surface area contributed by atoms with E-state index >= 15 is 0 Å². The molecule has 2 aromatic heterocycles. The van der Waals surface area contributed by atoms with E-state index in [-0.39, 0.29) is 21.2 Å². The number of fused-ring (bicyclic) bond motifs is 1. The third-order valence-electron chi connectivity index (χ3n) is 4.94. The van der Waals surface area contributed by atoms with Gasteiger partial charge in [-0.2, -0.15) is 0 Å². The van der Waals surface area contributed by atoms with Crippen LogP contribution in [0.25, 0.3) is 16.5 Å². The standard InChI is InChI=1S/C23H17Cl2NO4S2/c1-14-2-4-16-8-9-26(23(28)18(16)10-14)20-5-3-15(12-19(20)24)11-17(27)13-32(29,30)22-7-6-21(25)31-22/h2-10,12H,11,13H2,1H3. The van der Waals surface area contributed by atoms with Crippen molar-refractivity contribution in [2.24, 2.45) is 0 Å². The highest BCUT2D eigenvalue weighted by molar-refractivity contribution is 7.94. The van der Waals surface area contributed by atoms with Crippen LogP contribution in [-0.2, 0) is 21.1 Å². The van der Waals surface area contributed by atoms with Gasteiger partial charge in [-0.25, -0.2) is 8.42 Å². The first-order valence-electron chi connectivity index (χ1n) is 9.55. The predicted molar refractivity (Wildman–Crippen MR) is 129 cm³/mol. The van der Waals surface area contributed by atoms with Crippen LogP contribution in [0.2, 0.25) is 9.36 Å². The second-order valence-corrected chi connectivity index (χ2v) is 11.7. The zero-order valence-electron chi connectivity index (χ0n) is 16.8. The van der Waals surface area contributed by atoms with E-state index in [1.165, 1.54) is 16.7 Å². The van der Waals surface area contributed by atoms with Crippen LogP contribution >= 0.6 is 34.5 Å². The summed E-state index contributed by atoms with van der Waals surface area (Å²) in [6, 6.07) is 15.3. The number of carbonyl (C=O) groups is 1. The summed E-state index contributed by atoms with van der Waals surface area (Å²) in [6.07, 6.45) is 1.56. The molecule has 0 saturated heterocycles. The Kier molecular flexibility index (Phi) is 6.27. The molecule has 0 saturated carbocycles. The maximum atomic E-state index is 13.0. The van der Waals surface area contributed by atoms with Gasteiger partial charge in [0, 0.05) is 18.0 Å². The fraction of sp³-hybridized carbons (Fsp3) is 0.130. The quantitative estimate of drug-likeness (QED) is 0.358. The predicted octanol–water partition coefficient (Wildman–Crippen LogP) is 5.25. The van der Waals surface area contributed by atoms with Crippen molar-refractivity contribution in [3.8, 4) is 5.69 Å². The molecule has 164 valence electrons. The monoisotopic (exact) mass is 505 g/mol. The van der Waals surface area contributed by atoms with Gasteiger partial charge < -0.3 is 0 Å². The number of thiophene rings is 1. The topological polar surface area (TPSA) is 73.2 Å². The van der Waals surface area contributed by atoms with Crippen molar-refractivity contribution < 1.29 is 13.2 Å². The lowest BCUT2D eigenvalue weighted by Crippen LogP contribution is -2.19. The molecule has 0 unspecified atom stereocenters. The van der Waals surface area contributed by atoms with Crippen LogP contribution in [0.1, 0.15) is 11.1 Å². The molecule has 2 heterocycles. The van der Waals surface area contributed by atoms with Crippen molar-refractivity contribution in [3.05, 3.63) is 91.6 Å². The summed E-state index contributed by atoms with van der Waals surface area (Å²) in [5.74, 6) is -1.08. The summed E-state index contributed by atoms with van der Waals surface area (Å²) in [6.45, 7) is 1.92. The molecule has 0 radical (unpaired) electrons. The molecule has 0 aliphatic rings. The third kappa shape index (κ3) is 4.66. The van der Waals surface area contributed by atoms with Crippen molar-refractivity contribution in [3.63, 3.8) is 0 Å². The van der Waals surface area contributed by atoms with E-state index in [1.807, 2.05) is 31.2 Å². The number of nitrogens with zero attached hydrogens (tertiary/aromatic N) is 1. The lowest BCUT2D eigenvalue weighted by molar-refractivity contribution is -0.116. The number of aryl methyl sites for hydroxylation is 1. The van der Waals surface area contributed by atoms with Crippen molar-refractivity contribution in [2.75, 3.05) is 5.75 Å². The Balaban J connectivity index is 1.58. The summed E-state index contributed by atoms with van der Waals surface area (Å²) < 4.78 is 26.6. The van der Waals surface area contributed by atoms with Gasteiger partial charge in [0.1, 0.15) is 9.96 Å². The fourth-order valence-corrected chi connectivity index (χ4v) is 6.53. The maximum absolute atomic E-state index is 13.0. The highest BCUT2D eigenvalue weighted by Crippen LogP contribution is 2.27. The molecule has 0 amide bonds. The SMILES string of the molecule is Cc1ccc2ccn(-c3ccc(CC(=O)CS(=O)(=O)c4ccc(Cl)s4)cc3Cl)c(=O)c2c1. The number of hydrogen-bond donors (Lipinski definition) is 0. The Hall–Kier alpha value is -2.45. The van der Waals surface area contributed by atoms with Gasteiger partial charge in [-0.05, 0) is 54.3 Å². The van der Waals surface area contributed by atoms with Gasteiger partial charge in [-0.1, -0.05) is 47.0 Å². The van der Waals surface area contributed by atoms with Crippen LogP contribution in [0.5, 0.6) is 0 Å². The molecular weight excluding hydrogens is 489 g/mol. The number of carbonyl (C=O) groups excluding carboxylic acids is 1. The number of ketones is 1. The fourth-order valence-electron chi connectivity index (χ4n) is 3.43. The first-order chi connectivity index (χ1) is 15.1. The van der Waals surface area contributed by atoms with Gasteiger partial charge in [0.15, 0.2) is 15.6 Å². The van der Waals surface area contributed by atoms with Crippen LogP contribution in [0.15, 0.2) is 69.8 Å². The van der Waals surface area contributed by atoms with Gasteiger partial charge in [0.2, 0.25) is 0 Å². The first-order valence-corrected chi connectivity index (χ1v) is 12.8. The highest BCUT2D eigenvalue weighted by atomic mass is 35.5. The molecule has 0 aliphatic heterocycles. The summed E-state index contributed by atoms with van der Waals surface area (Å²) in [7, 11) is -3.74. The van der Waals surface area contributed by atoms with E-state index in [9.17, 15) is 18.0 Å². The molecule has 0 spiro atoms. The average molecular weight is 506 g/mol. The summed E-state index contributed by atoms with van der Waals surface area (Å²) in [5, 5.41) is 1.71. The lowest BCUT2D eigenvalue weighted by Gasteiger charge is -2.11. The van der Waals surface area contributed by atoms with Crippen LogP contribution < -0.4 is 5.56 Å². The molecule has 4 aromatic rings. The number of aromatic nitrogens is 1. The molecular formula is C23H17Cl2NO4S2. The Morgan fingerprint density at radius 1 is 1.03 bits per heavy atom. The molecule has 9 heteroatoms.